The fraction of sp³-hybridized carbons (Fsp3) is 0.211. The van der Waals surface area contributed by atoms with Gasteiger partial charge in [-0.3, -0.25) is 20.4 Å². The molecule has 0 radical (unpaired) electrons. The number of amides is 2. The molecule has 0 saturated carbocycles. The third-order valence-electron chi connectivity index (χ3n) is 3.53. The summed E-state index contributed by atoms with van der Waals surface area (Å²) in [5, 5.41) is 2.52. The first-order valence-corrected chi connectivity index (χ1v) is 8.48. The van der Waals surface area contributed by atoms with Crippen LogP contribution in [0.25, 0.3) is 0 Å². The number of rotatable bonds is 5. The molecule has 3 N–H and O–H groups in total. The molecule has 0 aromatic heterocycles. The highest BCUT2D eigenvalue weighted by molar-refractivity contribution is 7.80. The lowest BCUT2D eigenvalue weighted by Crippen LogP contribution is -2.50. The van der Waals surface area contributed by atoms with Gasteiger partial charge in [0, 0.05) is 0 Å². The molecule has 0 fully saturated rings. The van der Waals surface area contributed by atoms with Gasteiger partial charge < -0.3 is 10.1 Å². The van der Waals surface area contributed by atoms with Crippen molar-refractivity contribution in [1.29, 1.82) is 0 Å². The van der Waals surface area contributed by atoms with E-state index < -0.39 is 5.91 Å². The predicted octanol–water partition coefficient (Wildman–Crippen LogP) is 1.95. The van der Waals surface area contributed by atoms with E-state index in [-0.39, 0.29) is 24.0 Å². The number of thiocarbonyl (C=S) groups is 1. The van der Waals surface area contributed by atoms with Crippen LogP contribution in [0.15, 0.2) is 48.5 Å². The van der Waals surface area contributed by atoms with Gasteiger partial charge in [-0.25, -0.2) is 0 Å². The number of hydrazine groups is 1. The molecule has 0 aliphatic heterocycles. The first-order valence-electron chi connectivity index (χ1n) is 8.07. The SMILES string of the molecule is Cc1cccc(C)c1OCC(=O)NNC(=S)NC(=O)Cc1ccccc1. The van der Waals surface area contributed by atoms with Crippen molar-refractivity contribution in [2.24, 2.45) is 0 Å². The Kier molecular flexibility index (Phi) is 7.11. The summed E-state index contributed by atoms with van der Waals surface area (Å²) in [5.74, 6) is 0.00318. The Labute approximate surface area is 157 Å². The van der Waals surface area contributed by atoms with E-state index in [1.165, 1.54) is 0 Å². The first kappa shape index (κ1) is 19.4. The molecule has 0 bridgehead atoms. The average Bonchev–Trinajstić information content (AvgIpc) is 2.60. The van der Waals surface area contributed by atoms with Gasteiger partial charge in [0.2, 0.25) is 5.91 Å². The zero-order chi connectivity index (χ0) is 18.9. The Hall–Kier alpha value is -2.93. The van der Waals surface area contributed by atoms with Crippen LogP contribution in [0.4, 0.5) is 0 Å². The molecule has 0 saturated heterocycles. The smallest absolute Gasteiger partial charge is 0.276 e. The number of benzene rings is 2. The summed E-state index contributed by atoms with van der Waals surface area (Å²) in [4.78, 5) is 23.7. The van der Waals surface area contributed by atoms with Gasteiger partial charge >= 0.3 is 0 Å². The maximum absolute atomic E-state index is 11.9. The van der Waals surface area contributed by atoms with Crippen LogP contribution >= 0.6 is 12.2 Å². The van der Waals surface area contributed by atoms with Gasteiger partial charge in [0.25, 0.3) is 5.91 Å². The van der Waals surface area contributed by atoms with Crippen molar-refractivity contribution in [2.45, 2.75) is 20.3 Å². The number of hydrogen-bond donors (Lipinski definition) is 3. The summed E-state index contributed by atoms with van der Waals surface area (Å²) in [5.41, 5.74) is 7.66. The number of carbonyl (C=O) groups excluding carboxylic acids is 2. The minimum absolute atomic E-state index is 0.0198. The van der Waals surface area contributed by atoms with Crippen LogP contribution in [0.5, 0.6) is 5.75 Å². The molecule has 0 heterocycles. The summed E-state index contributed by atoms with van der Waals surface area (Å²) in [6, 6.07) is 15.0. The Morgan fingerprint density at radius 1 is 0.923 bits per heavy atom. The van der Waals surface area contributed by atoms with Gasteiger partial charge in [-0.05, 0) is 42.8 Å². The third kappa shape index (κ3) is 6.18. The van der Waals surface area contributed by atoms with Gasteiger partial charge in [-0.2, -0.15) is 0 Å². The Morgan fingerprint density at radius 2 is 1.58 bits per heavy atom. The fourth-order valence-electron chi connectivity index (χ4n) is 2.31. The van der Waals surface area contributed by atoms with E-state index in [9.17, 15) is 9.59 Å². The van der Waals surface area contributed by atoms with E-state index in [1.54, 1.807) is 0 Å². The van der Waals surface area contributed by atoms with Crippen molar-refractivity contribution >= 4 is 29.1 Å². The monoisotopic (exact) mass is 371 g/mol. The fourth-order valence-corrected chi connectivity index (χ4v) is 2.48. The van der Waals surface area contributed by atoms with Crippen LogP contribution in [0.3, 0.4) is 0 Å². The highest BCUT2D eigenvalue weighted by atomic mass is 32.1. The van der Waals surface area contributed by atoms with Crippen LogP contribution in [-0.4, -0.2) is 23.5 Å². The number of hydrogen-bond acceptors (Lipinski definition) is 4. The molecule has 0 unspecified atom stereocenters. The second-order valence-corrected chi connectivity index (χ2v) is 6.13. The zero-order valence-corrected chi connectivity index (χ0v) is 15.5. The van der Waals surface area contributed by atoms with Gasteiger partial charge in [-0.1, -0.05) is 48.5 Å². The molecule has 7 heteroatoms. The van der Waals surface area contributed by atoms with Crippen molar-refractivity contribution in [2.75, 3.05) is 6.61 Å². The van der Waals surface area contributed by atoms with Gasteiger partial charge in [0.1, 0.15) is 5.75 Å². The van der Waals surface area contributed by atoms with E-state index in [0.717, 1.165) is 16.7 Å². The summed E-state index contributed by atoms with van der Waals surface area (Å²) < 4.78 is 5.54. The summed E-state index contributed by atoms with van der Waals surface area (Å²) in [7, 11) is 0. The summed E-state index contributed by atoms with van der Waals surface area (Å²) in [6.07, 6.45) is 0.201. The quantitative estimate of drug-likeness (QED) is 0.553. The van der Waals surface area contributed by atoms with Gasteiger partial charge in [0.05, 0.1) is 6.42 Å². The largest absolute Gasteiger partial charge is 0.483 e. The lowest BCUT2D eigenvalue weighted by Gasteiger charge is -2.13. The second-order valence-electron chi connectivity index (χ2n) is 5.72. The molecule has 2 aromatic rings. The van der Waals surface area contributed by atoms with E-state index in [2.05, 4.69) is 16.2 Å². The summed E-state index contributed by atoms with van der Waals surface area (Å²) >= 11 is 4.99. The van der Waals surface area contributed by atoms with E-state index in [0.29, 0.717) is 5.75 Å². The molecular weight excluding hydrogens is 350 g/mol. The zero-order valence-electron chi connectivity index (χ0n) is 14.7. The minimum Gasteiger partial charge on any atom is -0.483 e. The van der Waals surface area contributed by atoms with Crippen LogP contribution in [0.2, 0.25) is 0 Å². The molecule has 26 heavy (non-hydrogen) atoms. The van der Waals surface area contributed by atoms with Crippen LogP contribution < -0.4 is 20.9 Å². The number of nitrogens with one attached hydrogen (secondary N) is 3. The third-order valence-corrected chi connectivity index (χ3v) is 3.74. The normalized spacial score (nSPS) is 9.92. The molecule has 0 spiro atoms. The van der Waals surface area contributed by atoms with Crippen molar-refractivity contribution in [3.63, 3.8) is 0 Å². The predicted molar refractivity (Wildman–Crippen MR) is 104 cm³/mol. The summed E-state index contributed by atoms with van der Waals surface area (Å²) in [6.45, 7) is 3.66. The molecule has 0 aliphatic carbocycles. The number of ether oxygens (including phenoxy) is 1. The molecule has 6 nitrogen and oxygen atoms in total. The van der Waals surface area contributed by atoms with Gasteiger partial charge in [-0.15, -0.1) is 0 Å². The average molecular weight is 371 g/mol. The molecule has 2 rings (SSSR count). The standard InChI is InChI=1S/C19H21N3O3S/c1-13-7-6-8-14(2)18(13)25-12-17(24)21-22-19(26)20-16(23)11-15-9-4-3-5-10-15/h3-10H,11-12H2,1-2H3,(H,21,24)(H2,20,22,23,26). The van der Waals surface area contributed by atoms with Gasteiger partial charge in [0.15, 0.2) is 11.7 Å². The topological polar surface area (TPSA) is 79.5 Å². The van der Waals surface area contributed by atoms with E-state index in [1.807, 2.05) is 62.4 Å². The molecule has 0 aliphatic rings. The number of carbonyl (C=O) groups is 2. The van der Waals surface area contributed by atoms with Crippen LogP contribution in [0.1, 0.15) is 16.7 Å². The Balaban J connectivity index is 1.71. The maximum atomic E-state index is 11.9. The molecule has 2 aromatic carbocycles. The van der Waals surface area contributed by atoms with Crippen molar-refractivity contribution in [1.82, 2.24) is 16.2 Å². The molecular formula is C19H21N3O3S. The Morgan fingerprint density at radius 3 is 2.23 bits per heavy atom. The molecule has 2 amide bonds. The highest BCUT2D eigenvalue weighted by Crippen LogP contribution is 2.21. The van der Waals surface area contributed by atoms with E-state index in [4.69, 9.17) is 17.0 Å². The van der Waals surface area contributed by atoms with E-state index >= 15 is 0 Å². The second kappa shape index (κ2) is 9.53. The lowest BCUT2D eigenvalue weighted by molar-refractivity contribution is -0.124. The molecule has 0 atom stereocenters. The molecule has 136 valence electrons. The van der Waals surface area contributed by atoms with Crippen LogP contribution in [0, 0.1) is 13.8 Å². The first-order chi connectivity index (χ1) is 12.5. The van der Waals surface area contributed by atoms with Crippen molar-refractivity contribution in [3.05, 3.63) is 65.2 Å². The lowest BCUT2D eigenvalue weighted by atomic mass is 10.1. The number of para-hydroxylation sites is 1. The number of aryl methyl sites for hydroxylation is 2. The Bertz CT molecular complexity index is 774. The van der Waals surface area contributed by atoms with Crippen molar-refractivity contribution < 1.29 is 14.3 Å². The minimum atomic E-state index is -0.410. The van der Waals surface area contributed by atoms with Crippen LogP contribution in [-0.2, 0) is 16.0 Å². The maximum Gasteiger partial charge on any atom is 0.276 e. The highest BCUT2D eigenvalue weighted by Gasteiger charge is 2.09. The van der Waals surface area contributed by atoms with Crippen molar-refractivity contribution in [3.8, 4) is 5.75 Å².